The zero-order valence-corrected chi connectivity index (χ0v) is 13.4. The number of rotatable bonds is 5. The van der Waals surface area contributed by atoms with Gasteiger partial charge in [0.15, 0.2) is 0 Å². The van der Waals surface area contributed by atoms with Crippen molar-refractivity contribution in [3.8, 4) is 5.75 Å². The van der Waals surface area contributed by atoms with Crippen molar-refractivity contribution in [3.63, 3.8) is 0 Å². The van der Waals surface area contributed by atoms with Gasteiger partial charge in [-0.1, -0.05) is 13.8 Å². The van der Waals surface area contributed by atoms with Crippen LogP contribution in [0, 0.1) is 0 Å². The molecular weight excluding hydrogens is 290 g/mol. The third-order valence-corrected chi connectivity index (χ3v) is 4.78. The lowest BCUT2D eigenvalue weighted by Gasteiger charge is -2.26. The van der Waals surface area contributed by atoms with Gasteiger partial charge in [-0.15, -0.1) is 0 Å². The number of nitrogens with two attached hydrogens (primary N) is 1. The maximum Gasteiger partial charge on any atom is 0.238 e. The molecule has 118 valence electrons. The van der Waals surface area contributed by atoms with Crippen molar-refractivity contribution in [2.45, 2.75) is 50.0 Å². The van der Waals surface area contributed by atoms with Gasteiger partial charge in [-0.3, -0.25) is 0 Å². The highest BCUT2D eigenvalue weighted by molar-refractivity contribution is 7.89. The molecule has 1 aromatic carbocycles. The number of ether oxygens (including phenoxy) is 2. The zero-order valence-electron chi connectivity index (χ0n) is 12.5. The summed E-state index contributed by atoms with van der Waals surface area (Å²) < 4.78 is 34.5. The molecule has 0 aromatic heterocycles. The van der Waals surface area contributed by atoms with Crippen molar-refractivity contribution in [2.24, 2.45) is 5.14 Å². The van der Waals surface area contributed by atoms with Crippen LogP contribution in [0.3, 0.4) is 0 Å². The SMILES string of the molecule is CCC(C)c1cc(S(N)(=O)=O)ccc1OC1CCCOC1. The number of benzene rings is 1. The fraction of sp³-hybridized carbons (Fsp3) is 0.600. The Morgan fingerprint density at radius 3 is 2.81 bits per heavy atom. The summed E-state index contributed by atoms with van der Waals surface area (Å²) in [5.41, 5.74) is 0.884. The first kappa shape index (κ1) is 16.3. The van der Waals surface area contributed by atoms with E-state index in [1.165, 1.54) is 6.07 Å². The minimum Gasteiger partial charge on any atom is -0.488 e. The van der Waals surface area contributed by atoms with Crippen molar-refractivity contribution in [3.05, 3.63) is 23.8 Å². The smallest absolute Gasteiger partial charge is 0.238 e. The molecule has 0 spiro atoms. The molecular formula is C15H23NO4S. The van der Waals surface area contributed by atoms with Crippen molar-refractivity contribution in [2.75, 3.05) is 13.2 Å². The van der Waals surface area contributed by atoms with E-state index < -0.39 is 10.0 Å². The Kier molecular flexibility index (Phi) is 5.24. The number of hydrogen-bond donors (Lipinski definition) is 1. The molecule has 1 aromatic rings. The first-order chi connectivity index (χ1) is 9.91. The lowest BCUT2D eigenvalue weighted by Crippen LogP contribution is -2.28. The highest BCUT2D eigenvalue weighted by atomic mass is 32.2. The van der Waals surface area contributed by atoms with Gasteiger partial charge in [0.05, 0.1) is 11.5 Å². The molecule has 1 fully saturated rings. The molecule has 2 rings (SSSR count). The molecule has 0 saturated carbocycles. The van der Waals surface area contributed by atoms with E-state index in [-0.39, 0.29) is 16.9 Å². The molecule has 0 aliphatic carbocycles. The quantitative estimate of drug-likeness (QED) is 0.905. The van der Waals surface area contributed by atoms with Crippen LogP contribution in [-0.4, -0.2) is 27.7 Å². The molecule has 6 heteroatoms. The molecule has 21 heavy (non-hydrogen) atoms. The third kappa shape index (κ3) is 4.18. The Morgan fingerprint density at radius 2 is 2.24 bits per heavy atom. The fourth-order valence-electron chi connectivity index (χ4n) is 2.40. The molecule has 0 radical (unpaired) electrons. The first-order valence-electron chi connectivity index (χ1n) is 7.33. The fourth-order valence-corrected chi connectivity index (χ4v) is 2.95. The molecule has 0 bridgehead atoms. The molecule has 1 aliphatic heterocycles. The van der Waals surface area contributed by atoms with E-state index in [0.717, 1.165) is 37.2 Å². The van der Waals surface area contributed by atoms with Gasteiger partial charge < -0.3 is 9.47 Å². The summed E-state index contributed by atoms with van der Waals surface area (Å²) in [7, 11) is -3.70. The van der Waals surface area contributed by atoms with Crippen LogP contribution in [0.25, 0.3) is 0 Å². The topological polar surface area (TPSA) is 78.6 Å². The molecule has 2 unspecified atom stereocenters. The lowest BCUT2D eigenvalue weighted by molar-refractivity contribution is 0.00689. The van der Waals surface area contributed by atoms with Crippen molar-refractivity contribution in [1.82, 2.24) is 0 Å². The van der Waals surface area contributed by atoms with E-state index in [1.807, 2.05) is 6.92 Å². The van der Waals surface area contributed by atoms with Gasteiger partial charge in [0, 0.05) is 6.61 Å². The highest BCUT2D eigenvalue weighted by Gasteiger charge is 2.20. The van der Waals surface area contributed by atoms with Gasteiger partial charge in [0.25, 0.3) is 0 Å². The second kappa shape index (κ2) is 6.77. The summed E-state index contributed by atoms with van der Waals surface area (Å²) in [4.78, 5) is 0.130. The average molecular weight is 313 g/mol. The molecule has 1 aliphatic rings. The van der Waals surface area contributed by atoms with Gasteiger partial charge in [-0.2, -0.15) is 0 Å². The predicted octanol–water partition coefficient (Wildman–Crippen LogP) is 2.41. The standard InChI is InChI=1S/C15H23NO4S/c1-3-11(2)14-9-13(21(16,17)18)6-7-15(14)20-12-5-4-8-19-10-12/h6-7,9,11-12H,3-5,8,10H2,1-2H3,(H2,16,17,18). The molecule has 1 heterocycles. The predicted molar refractivity (Wildman–Crippen MR) is 81.0 cm³/mol. The minimum atomic E-state index is -3.70. The largest absolute Gasteiger partial charge is 0.488 e. The molecule has 1 saturated heterocycles. The van der Waals surface area contributed by atoms with Crippen molar-refractivity contribution < 1.29 is 17.9 Å². The monoisotopic (exact) mass is 313 g/mol. The van der Waals surface area contributed by atoms with Gasteiger partial charge in [-0.25, -0.2) is 13.6 Å². The second-order valence-electron chi connectivity index (χ2n) is 5.51. The van der Waals surface area contributed by atoms with Crippen LogP contribution in [0.15, 0.2) is 23.1 Å². The number of primary sulfonamides is 1. The first-order valence-corrected chi connectivity index (χ1v) is 8.87. The maximum atomic E-state index is 11.5. The number of sulfonamides is 1. The van der Waals surface area contributed by atoms with E-state index in [1.54, 1.807) is 12.1 Å². The Balaban J connectivity index is 2.30. The van der Waals surface area contributed by atoms with Gasteiger partial charge >= 0.3 is 0 Å². The Morgan fingerprint density at radius 1 is 1.48 bits per heavy atom. The summed E-state index contributed by atoms with van der Waals surface area (Å²) in [5, 5.41) is 5.21. The minimum absolute atomic E-state index is 0.0295. The average Bonchev–Trinajstić information content (AvgIpc) is 2.47. The Hall–Kier alpha value is -1.11. The summed E-state index contributed by atoms with van der Waals surface area (Å²) in [6.07, 6.45) is 2.86. The molecule has 2 N–H and O–H groups in total. The zero-order chi connectivity index (χ0) is 15.5. The summed E-state index contributed by atoms with van der Waals surface area (Å²) in [6.45, 7) is 5.47. The third-order valence-electron chi connectivity index (χ3n) is 3.87. The molecule has 0 amide bonds. The van der Waals surface area contributed by atoms with Crippen LogP contribution < -0.4 is 9.88 Å². The van der Waals surface area contributed by atoms with Crippen molar-refractivity contribution in [1.29, 1.82) is 0 Å². The number of hydrogen-bond acceptors (Lipinski definition) is 4. The van der Waals surface area contributed by atoms with Crippen molar-refractivity contribution >= 4 is 10.0 Å². The van der Waals surface area contributed by atoms with Crippen LogP contribution in [0.5, 0.6) is 5.75 Å². The van der Waals surface area contributed by atoms with Crippen LogP contribution in [-0.2, 0) is 14.8 Å². The highest BCUT2D eigenvalue weighted by Crippen LogP contribution is 2.32. The lowest BCUT2D eigenvalue weighted by atomic mass is 9.97. The second-order valence-corrected chi connectivity index (χ2v) is 7.07. The maximum absolute atomic E-state index is 11.5. The summed E-state index contributed by atoms with van der Waals surface area (Å²) >= 11 is 0. The Bertz CT molecular complexity index is 579. The Labute approximate surface area is 126 Å². The van der Waals surface area contributed by atoms with E-state index in [0.29, 0.717) is 6.61 Å². The van der Waals surface area contributed by atoms with Crippen LogP contribution >= 0.6 is 0 Å². The summed E-state index contributed by atoms with van der Waals surface area (Å²) in [5.74, 6) is 0.929. The normalized spacial score (nSPS) is 21.0. The van der Waals surface area contributed by atoms with E-state index in [9.17, 15) is 8.42 Å². The van der Waals surface area contributed by atoms with E-state index in [2.05, 4.69) is 6.92 Å². The van der Waals surface area contributed by atoms with Gasteiger partial charge in [0.2, 0.25) is 10.0 Å². The molecule has 2 atom stereocenters. The van der Waals surface area contributed by atoms with Gasteiger partial charge in [0.1, 0.15) is 11.9 Å². The van der Waals surface area contributed by atoms with E-state index in [4.69, 9.17) is 14.6 Å². The summed E-state index contributed by atoms with van der Waals surface area (Å²) in [6, 6.07) is 4.83. The van der Waals surface area contributed by atoms with Crippen LogP contribution in [0.2, 0.25) is 0 Å². The molecule has 5 nitrogen and oxygen atoms in total. The van der Waals surface area contributed by atoms with Crippen LogP contribution in [0.4, 0.5) is 0 Å². The van der Waals surface area contributed by atoms with E-state index >= 15 is 0 Å². The van der Waals surface area contributed by atoms with Crippen LogP contribution in [0.1, 0.15) is 44.6 Å². The van der Waals surface area contributed by atoms with Gasteiger partial charge in [-0.05, 0) is 48.9 Å².